The van der Waals surface area contributed by atoms with Crippen LogP contribution in [-0.4, -0.2) is 28.2 Å². The molecule has 2 heterocycles. The molecule has 4 rings (SSSR count). The van der Waals surface area contributed by atoms with E-state index in [4.69, 9.17) is 10.9 Å². The number of nitrogens with two attached hydrogens (primary N) is 2. The summed E-state index contributed by atoms with van der Waals surface area (Å²) >= 11 is 1.81. The lowest BCUT2D eigenvalue weighted by Gasteiger charge is -2.14. The van der Waals surface area contributed by atoms with Gasteiger partial charge in [-0.25, -0.2) is 18.5 Å². The minimum absolute atomic E-state index is 0.0517. The van der Waals surface area contributed by atoms with E-state index >= 15 is 0 Å². The molecule has 0 saturated heterocycles. The number of rotatable bonds is 7. The molecule has 0 spiro atoms. The van der Waals surface area contributed by atoms with E-state index in [0.717, 1.165) is 16.8 Å². The number of nitrogens with one attached hydrogen (secondary N) is 1. The van der Waals surface area contributed by atoms with Crippen LogP contribution in [0.5, 0.6) is 0 Å². The Labute approximate surface area is 191 Å². The van der Waals surface area contributed by atoms with Gasteiger partial charge in [0.25, 0.3) is 0 Å². The molecule has 0 aliphatic rings. The highest BCUT2D eigenvalue weighted by Crippen LogP contribution is 2.29. The number of anilines is 2. The quantitative estimate of drug-likeness (QED) is 0.352. The van der Waals surface area contributed by atoms with Gasteiger partial charge in [0, 0.05) is 28.6 Å². The van der Waals surface area contributed by atoms with Crippen molar-refractivity contribution in [1.29, 1.82) is 0 Å². The van der Waals surface area contributed by atoms with E-state index in [1.54, 1.807) is 12.1 Å². The highest BCUT2D eigenvalue weighted by molar-refractivity contribution is 8.00. The molecule has 0 aliphatic heterocycles. The number of hydrogen-bond acceptors (Lipinski definition) is 7. The molecular weight excluding hydrogens is 444 g/mol. The fourth-order valence-corrected chi connectivity index (χ4v) is 4.87. The first kappa shape index (κ1) is 22.1. The largest absolute Gasteiger partial charge is 0.368 e. The van der Waals surface area contributed by atoms with Crippen LogP contribution >= 0.6 is 11.8 Å². The van der Waals surface area contributed by atoms with E-state index in [-0.39, 0.29) is 10.8 Å². The summed E-state index contributed by atoms with van der Waals surface area (Å²) in [7, 11) is -3.76. The smallest absolute Gasteiger partial charge is 0.238 e. The van der Waals surface area contributed by atoms with Crippen LogP contribution in [0.3, 0.4) is 0 Å². The van der Waals surface area contributed by atoms with Gasteiger partial charge in [-0.3, -0.25) is 0 Å². The van der Waals surface area contributed by atoms with Crippen LogP contribution in [-0.2, 0) is 16.6 Å². The first-order chi connectivity index (χ1) is 15.2. The van der Waals surface area contributed by atoms with Crippen LogP contribution < -0.4 is 16.2 Å². The average molecular weight is 469 g/mol. The van der Waals surface area contributed by atoms with Crippen LogP contribution in [0.4, 0.5) is 11.8 Å². The minimum atomic E-state index is -3.76. The maximum Gasteiger partial charge on any atom is 0.238 e. The summed E-state index contributed by atoms with van der Waals surface area (Å²) in [5.41, 5.74) is 9.29. The molecule has 166 valence electrons. The molecule has 2 aromatic heterocycles. The molecule has 0 atom stereocenters. The predicted octanol–water partition coefficient (Wildman–Crippen LogP) is 3.76. The number of nitrogen functional groups attached to an aromatic ring is 1. The van der Waals surface area contributed by atoms with E-state index in [1.807, 2.05) is 40.7 Å². The van der Waals surface area contributed by atoms with Crippen molar-refractivity contribution in [1.82, 2.24) is 14.5 Å². The maximum atomic E-state index is 11.6. The van der Waals surface area contributed by atoms with Gasteiger partial charge >= 0.3 is 0 Å². The van der Waals surface area contributed by atoms with Crippen molar-refractivity contribution < 1.29 is 8.42 Å². The van der Waals surface area contributed by atoms with Crippen molar-refractivity contribution in [3.63, 3.8) is 0 Å². The van der Waals surface area contributed by atoms with Crippen molar-refractivity contribution in [2.75, 3.05) is 11.1 Å². The van der Waals surface area contributed by atoms with E-state index in [9.17, 15) is 8.42 Å². The number of aromatic nitrogens is 3. The summed E-state index contributed by atoms with van der Waals surface area (Å²) in [6.07, 6.45) is 1.85. The zero-order valence-electron chi connectivity index (χ0n) is 17.7. The second-order valence-corrected chi connectivity index (χ2v) is 10.7. The van der Waals surface area contributed by atoms with E-state index in [2.05, 4.69) is 41.3 Å². The van der Waals surface area contributed by atoms with Crippen LogP contribution in [0.15, 0.2) is 70.6 Å². The molecule has 0 bridgehead atoms. The zero-order chi connectivity index (χ0) is 22.9. The third-order valence-corrected chi connectivity index (χ3v) is 6.83. The highest BCUT2D eigenvalue weighted by Gasteiger charge is 2.15. The topological polar surface area (TPSA) is 129 Å². The van der Waals surface area contributed by atoms with Gasteiger partial charge in [0.2, 0.25) is 16.0 Å². The summed E-state index contributed by atoms with van der Waals surface area (Å²) in [5.74, 6) is 0.768. The van der Waals surface area contributed by atoms with Gasteiger partial charge in [0.1, 0.15) is 5.52 Å². The van der Waals surface area contributed by atoms with Crippen LogP contribution in [0.25, 0.3) is 16.7 Å². The van der Waals surface area contributed by atoms with Crippen molar-refractivity contribution in [2.45, 2.75) is 35.4 Å². The minimum Gasteiger partial charge on any atom is -0.368 e. The molecular formula is C22H24N6O2S2. The Bertz CT molecular complexity index is 1370. The number of nitrogens with zero attached hydrogens (tertiary/aromatic N) is 3. The second-order valence-electron chi connectivity index (χ2n) is 7.52. The molecule has 8 nitrogen and oxygen atoms in total. The lowest BCUT2D eigenvalue weighted by atomic mass is 10.2. The van der Waals surface area contributed by atoms with E-state index < -0.39 is 10.0 Å². The number of hydrogen-bond donors (Lipinski definition) is 3. The average Bonchev–Trinajstić information content (AvgIpc) is 3.16. The van der Waals surface area contributed by atoms with Crippen LogP contribution in [0.1, 0.15) is 19.4 Å². The molecule has 32 heavy (non-hydrogen) atoms. The molecule has 0 saturated carbocycles. The Balaban J connectivity index is 1.71. The van der Waals surface area contributed by atoms with Crippen LogP contribution in [0.2, 0.25) is 0 Å². The molecule has 0 radical (unpaired) electrons. The Morgan fingerprint density at radius 2 is 1.78 bits per heavy atom. The molecule has 4 aromatic rings. The maximum absolute atomic E-state index is 11.6. The Kier molecular flexibility index (Phi) is 6.09. The summed E-state index contributed by atoms with van der Waals surface area (Å²) in [5, 5.41) is 9.09. The third-order valence-electron chi connectivity index (χ3n) is 4.78. The molecule has 10 heteroatoms. The van der Waals surface area contributed by atoms with Gasteiger partial charge in [0.05, 0.1) is 10.4 Å². The standard InChI is InChI=1S/C22H24N6O2S2/c1-14(2)31-19-6-4-3-5-15(19)13-25-21-20-18(26-22(23)27-21)11-12-28(20)16-7-9-17(10-8-16)32(24,29)30/h3-12,14H,13H2,1-2H3,(H2,24,29,30)(H3,23,25,26,27). The lowest BCUT2D eigenvalue weighted by molar-refractivity contribution is 0.598. The summed E-state index contributed by atoms with van der Waals surface area (Å²) in [6.45, 7) is 4.90. The van der Waals surface area contributed by atoms with Gasteiger partial charge in [-0.15, -0.1) is 11.8 Å². The third kappa shape index (κ3) is 4.72. The molecule has 0 fully saturated rings. The van der Waals surface area contributed by atoms with Crippen molar-refractivity contribution >= 4 is 44.6 Å². The van der Waals surface area contributed by atoms with Gasteiger partial charge in [-0.2, -0.15) is 4.98 Å². The first-order valence-electron chi connectivity index (χ1n) is 9.98. The molecule has 5 N–H and O–H groups in total. The van der Waals surface area contributed by atoms with Gasteiger partial charge in [-0.05, 0) is 42.0 Å². The highest BCUT2D eigenvalue weighted by atomic mass is 32.2. The molecule has 0 aliphatic carbocycles. The lowest BCUT2D eigenvalue weighted by Crippen LogP contribution is -2.12. The second kappa shape index (κ2) is 8.81. The van der Waals surface area contributed by atoms with E-state index in [0.29, 0.717) is 23.1 Å². The zero-order valence-corrected chi connectivity index (χ0v) is 19.3. The Morgan fingerprint density at radius 1 is 1.06 bits per heavy atom. The van der Waals surface area contributed by atoms with Gasteiger partial charge in [0.15, 0.2) is 5.82 Å². The Hall–Kier alpha value is -3.08. The van der Waals surface area contributed by atoms with Gasteiger partial charge < -0.3 is 15.6 Å². The number of thioether (sulfide) groups is 1. The molecule has 2 aromatic carbocycles. The summed E-state index contributed by atoms with van der Waals surface area (Å²) in [6, 6.07) is 16.4. The molecule has 0 unspecified atom stereocenters. The van der Waals surface area contributed by atoms with E-state index in [1.165, 1.54) is 17.0 Å². The van der Waals surface area contributed by atoms with Gasteiger partial charge in [-0.1, -0.05) is 32.0 Å². The number of benzene rings is 2. The summed E-state index contributed by atoms with van der Waals surface area (Å²) < 4.78 is 25.0. The first-order valence-corrected chi connectivity index (χ1v) is 12.4. The fraction of sp³-hybridized carbons (Fsp3) is 0.182. The molecule has 0 amide bonds. The fourth-order valence-electron chi connectivity index (χ4n) is 3.40. The number of fused-ring (bicyclic) bond motifs is 1. The number of sulfonamides is 1. The van der Waals surface area contributed by atoms with Crippen LogP contribution in [0, 0.1) is 0 Å². The Morgan fingerprint density at radius 3 is 2.47 bits per heavy atom. The normalized spacial score (nSPS) is 11.9. The predicted molar refractivity (Wildman–Crippen MR) is 129 cm³/mol. The summed E-state index contributed by atoms with van der Waals surface area (Å²) in [4.78, 5) is 10.0. The number of primary sulfonamides is 1. The van der Waals surface area contributed by atoms with Crippen molar-refractivity contribution in [3.8, 4) is 5.69 Å². The van der Waals surface area contributed by atoms with Crippen molar-refractivity contribution in [2.24, 2.45) is 5.14 Å². The SMILES string of the molecule is CC(C)Sc1ccccc1CNc1nc(N)nc2ccn(-c3ccc(S(N)(=O)=O)cc3)c12. The van der Waals surface area contributed by atoms with Crippen molar-refractivity contribution in [3.05, 3.63) is 66.4 Å². The monoisotopic (exact) mass is 468 g/mol.